The molecule has 4 nitrogen and oxygen atoms in total. The van der Waals surface area contributed by atoms with Crippen LogP contribution in [-0.2, 0) is 0 Å². The lowest BCUT2D eigenvalue weighted by Gasteiger charge is -2.12. The predicted molar refractivity (Wildman–Crippen MR) is 201 cm³/mol. The van der Waals surface area contributed by atoms with Crippen LogP contribution in [0.4, 0.5) is 0 Å². The van der Waals surface area contributed by atoms with E-state index in [1.807, 2.05) is 66.7 Å². The van der Waals surface area contributed by atoms with Crippen molar-refractivity contribution in [2.24, 2.45) is 0 Å². The van der Waals surface area contributed by atoms with Crippen LogP contribution < -0.4 is 0 Å². The summed E-state index contributed by atoms with van der Waals surface area (Å²) in [4.78, 5) is 14.9. The third-order valence-electron chi connectivity index (χ3n) is 9.08. The molecule has 0 amide bonds. The minimum absolute atomic E-state index is 0.646. The number of rotatable bonds is 6. The summed E-state index contributed by atoms with van der Waals surface area (Å²) in [6, 6.07) is 63.4. The minimum Gasteiger partial charge on any atom is -0.309 e. The summed E-state index contributed by atoms with van der Waals surface area (Å²) in [6.07, 6.45) is 0. The molecule has 9 rings (SSSR count). The Hall–Kier alpha value is -6.65. The molecule has 0 unspecified atom stereocenters. The van der Waals surface area contributed by atoms with Crippen LogP contribution in [0.5, 0.6) is 0 Å². The summed E-state index contributed by atoms with van der Waals surface area (Å²) in [7, 11) is 0. The van der Waals surface area contributed by atoms with Gasteiger partial charge in [-0.2, -0.15) is 0 Å². The normalized spacial score (nSPS) is 11.3. The molecule has 0 fully saturated rings. The average molecular weight is 627 g/mol. The first kappa shape index (κ1) is 28.6. The lowest BCUT2D eigenvalue weighted by atomic mass is 9.96. The van der Waals surface area contributed by atoms with Crippen molar-refractivity contribution in [3.05, 3.63) is 182 Å². The van der Waals surface area contributed by atoms with Crippen LogP contribution in [0, 0.1) is 0 Å². The molecule has 4 heteroatoms. The molecule has 230 valence electrons. The van der Waals surface area contributed by atoms with Crippen molar-refractivity contribution in [1.82, 2.24) is 19.5 Å². The molecular formula is C45H30N4. The lowest BCUT2D eigenvalue weighted by Crippen LogP contribution is -2.01. The Bertz CT molecular complexity index is 2520. The van der Waals surface area contributed by atoms with E-state index in [1.165, 1.54) is 27.4 Å². The van der Waals surface area contributed by atoms with Crippen LogP contribution in [0.1, 0.15) is 0 Å². The number of benzene rings is 7. The zero-order chi connectivity index (χ0) is 32.6. The van der Waals surface area contributed by atoms with Gasteiger partial charge in [0.15, 0.2) is 17.5 Å². The van der Waals surface area contributed by atoms with Gasteiger partial charge < -0.3 is 4.57 Å². The zero-order valence-corrected chi connectivity index (χ0v) is 26.6. The monoisotopic (exact) mass is 626 g/mol. The van der Waals surface area contributed by atoms with Gasteiger partial charge in [-0.05, 0) is 52.6 Å². The number of hydrogen-bond donors (Lipinski definition) is 0. The molecular weight excluding hydrogens is 597 g/mol. The van der Waals surface area contributed by atoms with Crippen LogP contribution in [-0.4, -0.2) is 19.5 Å². The Labute approximate surface area is 284 Å². The maximum absolute atomic E-state index is 5.00. The lowest BCUT2D eigenvalue weighted by molar-refractivity contribution is 1.07. The topological polar surface area (TPSA) is 43.6 Å². The second-order valence-corrected chi connectivity index (χ2v) is 12.1. The highest BCUT2D eigenvalue weighted by Gasteiger charge is 2.16. The van der Waals surface area contributed by atoms with Crippen molar-refractivity contribution in [1.29, 1.82) is 0 Å². The predicted octanol–water partition coefficient (Wildman–Crippen LogP) is 11.3. The van der Waals surface area contributed by atoms with Crippen LogP contribution in [0.15, 0.2) is 182 Å². The quantitative estimate of drug-likeness (QED) is 0.184. The minimum atomic E-state index is 0.646. The summed E-state index contributed by atoms with van der Waals surface area (Å²) >= 11 is 0. The van der Waals surface area contributed by atoms with E-state index in [9.17, 15) is 0 Å². The number of hydrogen-bond acceptors (Lipinski definition) is 3. The fourth-order valence-corrected chi connectivity index (χ4v) is 6.71. The summed E-state index contributed by atoms with van der Waals surface area (Å²) in [6.45, 7) is 0. The molecule has 49 heavy (non-hydrogen) atoms. The van der Waals surface area contributed by atoms with E-state index in [1.54, 1.807) is 0 Å². The number of nitrogens with zero attached hydrogens (tertiary/aromatic N) is 4. The van der Waals surface area contributed by atoms with Crippen molar-refractivity contribution in [3.63, 3.8) is 0 Å². The van der Waals surface area contributed by atoms with E-state index >= 15 is 0 Å². The number of aromatic nitrogens is 4. The Kier molecular flexibility index (Phi) is 7.10. The third-order valence-corrected chi connectivity index (χ3v) is 9.08. The average Bonchev–Trinajstić information content (AvgIpc) is 3.52. The molecule has 9 aromatic rings. The first-order valence-electron chi connectivity index (χ1n) is 16.5. The Balaban J connectivity index is 1.12. The first-order valence-corrected chi connectivity index (χ1v) is 16.5. The second kappa shape index (κ2) is 12.2. The van der Waals surface area contributed by atoms with E-state index in [0.29, 0.717) is 17.5 Å². The van der Waals surface area contributed by atoms with Gasteiger partial charge in [-0.25, -0.2) is 15.0 Å². The first-order chi connectivity index (χ1) is 24.3. The standard InChI is InChI=1S/C45H30N4/c1-4-14-33(15-5-1)43-46-44(34-16-6-2-7-17-34)48-45(47-43)39-22-11-10-20-37(39)32-26-24-31(25-27-32)35-28-29-42-40(30-35)38-21-12-13-23-41(38)49(42)36-18-8-3-9-19-36/h1-30H. The maximum Gasteiger partial charge on any atom is 0.164 e. The van der Waals surface area contributed by atoms with Crippen LogP contribution in [0.3, 0.4) is 0 Å². The van der Waals surface area contributed by atoms with Crippen molar-refractivity contribution < 1.29 is 0 Å². The molecule has 7 aromatic carbocycles. The Morgan fingerprint density at radius 3 is 1.47 bits per heavy atom. The van der Waals surface area contributed by atoms with Gasteiger partial charge in [-0.15, -0.1) is 0 Å². The van der Waals surface area contributed by atoms with Crippen molar-refractivity contribution in [3.8, 4) is 62.1 Å². The summed E-state index contributed by atoms with van der Waals surface area (Å²) in [5.74, 6) is 1.95. The summed E-state index contributed by atoms with van der Waals surface area (Å²) < 4.78 is 2.35. The second-order valence-electron chi connectivity index (χ2n) is 12.1. The Morgan fingerprint density at radius 2 is 0.796 bits per heavy atom. The summed E-state index contributed by atoms with van der Waals surface area (Å²) in [5, 5.41) is 2.49. The molecule has 0 aliphatic heterocycles. The molecule has 0 saturated heterocycles. The highest BCUT2D eigenvalue weighted by Crippen LogP contribution is 2.37. The fourth-order valence-electron chi connectivity index (χ4n) is 6.71. The highest BCUT2D eigenvalue weighted by atomic mass is 15.0. The molecule has 0 aliphatic rings. The van der Waals surface area contributed by atoms with Gasteiger partial charge in [0, 0.05) is 33.2 Å². The van der Waals surface area contributed by atoms with Gasteiger partial charge in [0.2, 0.25) is 0 Å². The van der Waals surface area contributed by atoms with Crippen LogP contribution >= 0.6 is 0 Å². The molecule has 0 aliphatic carbocycles. The van der Waals surface area contributed by atoms with E-state index < -0.39 is 0 Å². The van der Waals surface area contributed by atoms with Gasteiger partial charge in [-0.1, -0.05) is 152 Å². The van der Waals surface area contributed by atoms with E-state index in [4.69, 9.17) is 15.0 Å². The zero-order valence-electron chi connectivity index (χ0n) is 26.6. The van der Waals surface area contributed by atoms with E-state index in [-0.39, 0.29) is 0 Å². The molecule has 0 spiro atoms. The molecule has 0 N–H and O–H groups in total. The van der Waals surface area contributed by atoms with Crippen LogP contribution in [0.2, 0.25) is 0 Å². The van der Waals surface area contributed by atoms with Crippen molar-refractivity contribution in [2.45, 2.75) is 0 Å². The molecule has 2 aromatic heterocycles. The van der Waals surface area contributed by atoms with Gasteiger partial charge >= 0.3 is 0 Å². The van der Waals surface area contributed by atoms with Crippen LogP contribution in [0.25, 0.3) is 83.9 Å². The third kappa shape index (κ3) is 5.26. The molecule has 0 saturated carbocycles. The van der Waals surface area contributed by atoms with Crippen molar-refractivity contribution >= 4 is 21.8 Å². The number of fused-ring (bicyclic) bond motifs is 3. The highest BCUT2D eigenvalue weighted by molar-refractivity contribution is 6.10. The number of para-hydroxylation sites is 2. The molecule has 0 bridgehead atoms. The van der Waals surface area contributed by atoms with Gasteiger partial charge in [0.25, 0.3) is 0 Å². The van der Waals surface area contributed by atoms with Gasteiger partial charge in [-0.3, -0.25) is 0 Å². The SMILES string of the molecule is c1ccc(-c2nc(-c3ccccc3)nc(-c3ccccc3-c3ccc(-c4ccc5c(c4)c4ccccc4n5-c4ccccc4)cc3)n2)cc1. The van der Waals surface area contributed by atoms with E-state index in [0.717, 1.165) is 39.1 Å². The molecule has 0 radical (unpaired) electrons. The van der Waals surface area contributed by atoms with Gasteiger partial charge in [0.05, 0.1) is 11.0 Å². The molecule has 0 atom stereocenters. The van der Waals surface area contributed by atoms with Gasteiger partial charge in [0.1, 0.15) is 0 Å². The van der Waals surface area contributed by atoms with E-state index in [2.05, 4.69) is 120 Å². The Morgan fingerprint density at radius 1 is 0.306 bits per heavy atom. The van der Waals surface area contributed by atoms with Crippen molar-refractivity contribution in [2.75, 3.05) is 0 Å². The molecule has 2 heterocycles. The summed E-state index contributed by atoms with van der Waals surface area (Å²) in [5.41, 5.74) is 10.9. The maximum atomic E-state index is 5.00. The smallest absolute Gasteiger partial charge is 0.164 e. The fraction of sp³-hybridized carbons (Fsp3) is 0. The largest absolute Gasteiger partial charge is 0.309 e.